The number of rotatable bonds is 7. The number of hydrogen-bond donors (Lipinski definition) is 2. The molecule has 1 aromatic carbocycles. The van der Waals surface area contributed by atoms with Crippen molar-refractivity contribution in [3.8, 4) is 5.75 Å². The SMILES string of the molecule is CCOc1ccc(S(=O)(=O)N2CCC(C(=O)NNC3=CCN(C(C)=O)CC3)CC2)cc1. The number of hydrazine groups is 1. The van der Waals surface area contributed by atoms with Gasteiger partial charge in [0.15, 0.2) is 0 Å². The van der Waals surface area contributed by atoms with Crippen molar-refractivity contribution in [3.05, 3.63) is 36.0 Å². The number of nitrogens with zero attached hydrogens (tertiary/aromatic N) is 2. The zero-order valence-corrected chi connectivity index (χ0v) is 18.8. The van der Waals surface area contributed by atoms with Crippen LogP contribution in [-0.4, -0.2) is 62.2 Å². The van der Waals surface area contributed by atoms with Crippen molar-refractivity contribution < 1.29 is 22.7 Å². The minimum absolute atomic E-state index is 0.0336. The first-order valence-corrected chi connectivity index (χ1v) is 12.0. The highest BCUT2D eigenvalue weighted by atomic mass is 32.2. The predicted molar refractivity (Wildman–Crippen MR) is 115 cm³/mol. The second-order valence-electron chi connectivity index (χ2n) is 7.64. The van der Waals surface area contributed by atoms with Gasteiger partial charge in [0.05, 0.1) is 11.5 Å². The number of sulfonamides is 1. The van der Waals surface area contributed by atoms with E-state index in [1.54, 1.807) is 29.2 Å². The monoisotopic (exact) mass is 450 g/mol. The lowest BCUT2D eigenvalue weighted by Gasteiger charge is -2.31. The first kappa shape index (κ1) is 23.1. The molecule has 10 heteroatoms. The van der Waals surface area contributed by atoms with Crippen LogP contribution in [0.4, 0.5) is 0 Å². The van der Waals surface area contributed by atoms with Gasteiger partial charge in [0.25, 0.3) is 0 Å². The standard InChI is InChI=1S/C21H30N4O5S/c1-3-30-19-4-6-20(7-5-19)31(28,29)25-14-8-17(9-15-25)21(27)23-22-18-10-12-24(13-11-18)16(2)26/h4-7,10,17,22H,3,8-9,11-15H2,1-2H3,(H,23,27). The van der Waals surface area contributed by atoms with Gasteiger partial charge in [-0.05, 0) is 50.1 Å². The lowest BCUT2D eigenvalue weighted by molar-refractivity contribution is -0.129. The summed E-state index contributed by atoms with van der Waals surface area (Å²) >= 11 is 0. The third kappa shape index (κ3) is 5.76. The van der Waals surface area contributed by atoms with E-state index in [-0.39, 0.29) is 22.6 Å². The summed E-state index contributed by atoms with van der Waals surface area (Å²) < 4.78 is 32.5. The molecule has 170 valence electrons. The van der Waals surface area contributed by atoms with Crippen molar-refractivity contribution >= 4 is 21.8 Å². The molecule has 2 N–H and O–H groups in total. The Morgan fingerprint density at radius 2 is 1.81 bits per heavy atom. The van der Waals surface area contributed by atoms with Crippen LogP contribution in [0.5, 0.6) is 5.75 Å². The molecule has 9 nitrogen and oxygen atoms in total. The Morgan fingerprint density at radius 3 is 2.35 bits per heavy atom. The number of amides is 2. The number of benzene rings is 1. The van der Waals surface area contributed by atoms with Crippen LogP contribution in [0, 0.1) is 5.92 Å². The van der Waals surface area contributed by atoms with E-state index in [1.807, 2.05) is 13.0 Å². The van der Waals surface area contributed by atoms with Gasteiger partial charge in [0.2, 0.25) is 21.8 Å². The van der Waals surface area contributed by atoms with Crippen LogP contribution in [0.1, 0.15) is 33.1 Å². The van der Waals surface area contributed by atoms with Gasteiger partial charge >= 0.3 is 0 Å². The molecular weight excluding hydrogens is 420 g/mol. The molecule has 1 aromatic rings. The molecule has 2 amide bonds. The molecule has 2 aliphatic rings. The number of carbonyl (C=O) groups excluding carboxylic acids is 2. The Labute approximate surface area is 183 Å². The van der Waals surface area contributed by atoms with Crippen LogP contribution in [0.2, 0.25) is 0 Å². The summed E-state index contributed by atoms with van der Waals surface area (Å²) in [6.45, 7) is 5.66. The molecule has 1 saturated heterocycles. The molecule has 0 aliphatic carbocycles. The van der Waals surface area contributed by atoms with Crippen molar-refractivity contribution in [2.75, 3.05) is 32.8 Å². The van der Waals surface area contributed by atoms with Gasteiger partial charge in [0, 0.05) is 51.1 Å². The van der Waals surface area contributed by atoms with Crippen molar-refractivity contribution in [3.63, 3.8) is 0 Å². The molecule has 0 spiro atoms. The van der Waals surface area contributed by atoms with Gasteiger partial charge in [-0.3, -0.25) is 15.0 Å². The first-order chi connectivity index (χ1) is 14.8. The number of ether oxygens (including phenoxy) is 1. The van der Waals surface area contributed by atoms with E-state index in [0.717, 1.165) is 5.70 Å². The molecule has 2 heterocycles. The molecule has 31 heavy (non-hydrogen) atoms. The maximum Gasteiger partial charge on any atom is 0.243 e. The van der Waals surface area contributed by atoms with Crippen LogP contribution in [0.3, 0.4) is 0 Å². The second-order valence-corrected chi connectivity index (χ2v) is 9.58. The summed E-state index contributed by atoms with van der Waals surface area (Å²) in [7, 11) is -3.60. The third-order valence-electron chi connectivity index (χ3n) is 5.60. The summed E-state index contributed by atoms with van der Waals surface area (Å²) in [6.07, 6.45) is 3.46. The van der Waals surface area contributed by atoms with E-state index in [2.05, 4.69) is 10.9 Å². The van der Waals surface area contributed by atoms with Crippen LogP contribution in [-0.2, 0) is 19.6 Å². The van der Waals surface area contributed by atoms with E-state index in [1.165, 1.54) is 11.2 Å². The van der Waals surface area contributed by atoms with Gasteiger partial charge in [0.1, 0.15) is 5.75 Å². The second kappa shape index (κ2) is 10.1. The molecule has 0 unspecified atom stereocenters. The average Bonchev–Trinajstić information content (AvgIpc) is 2.78. The maximum absolute atomic E-state index is 12.9. The van der Waals surface area contributed by atoms with Crippen molar-refractivity contribution in [1.82, 2.24) is 20.1 Å². The quantitative estimate of drug-likeness (QED) is 0.605. The summed E-state index contributed by atoms with van der Waals surface area (Å²) in [5.74, 6) is 0.267. The Balaban J connectivity index is 1.48. The maximum atomic E-state index is 12.9. The Morgan fingerprint density at radius 1 is 1.13 bits per heavy atom. The molecule has 0 atom stereocenters. The third-order valence-corrected chi connectivity index (χ3v) is 7.51. The van der Waals surface area contributed by atoms with Gasteiger partial charge in [-0.15, -0.1) is 0 Å². The number of carbonyl (C=O) groups is 2. The number of nitrogens with one attached hydrogen (secondary N) is 2. The van der Waals surface area contributed by atoms with Crippen LogP contribution in [0.15, 0.2) is 40.9 Å². The average molecular weight is 451 g/mol. The van der Waals surface area contributed by atoms with Gasteiger partial charge in [-0.1, -0.05) is 0 Å². The molecule has 1 fully saturated rings. The molecule has 2 aliphatic heterocycles. The number of hydrogen-bond acceptors (Lipinski definition) is 6. The van der Waals surface area contributed by atoms with Crippen molar-refractivity contribution in [2.45, 2.75) is 38.0 Å². The minimum atomic E-state index is -3.60. The van der Waals surface area contributed by atoms with Crippen LogP contribution < -0.4 is 15.6 Å². The fourth-order valence-corrected chi connectivity index (χ4v) is 5.16. The largest absolute Gasteiger partial charge is 0.494 e. The Kier molecular flexibility index (Phi) is 7.55. The van der Waals surface area contributed by atoms with E-state index in [9.17, 15) is 18.0 Å². The van der Waals surface area contributed by atoms with Crippen LogP contribution in [0.25, 0.3) is 0 Å². The highest BCUT2D eigenvalue weighted by molar-refractivity contribution is 7.89. The topological polar surface area (TPSA) is 108 Å². The molecular formula is C21H30N4O5S. The Bertz CT molecular complexity index is 922. The van der Waals surface area contributed by atoms with E-state index < -0.39 is 10.0 Å². The van der Waals surface area contributed by atoms with Gasteiger partial charge in [-0.25, -0.2) is 8.42 Å². The summed E-state index contributed by atoms with van der Waals surface area (Å²) in [5, 5.41) is 0. The molecule has 0 bridgehead atoms. The fourth-order valence-electron chi connectivity index (χ4n) is 3.69. The number of piperidine rings is 1. The molecule has 0 aromatic heterocycles. The van der Waals surface area contributed by atoms with Gasteiger partial charge < -0.3 is 15.1 Å². The smallest absolute Gasteiger partial charge is 0.243 e. The van der Waals surface area contributed by atoms with E-state index in [4.69, 9.17) is 4.74 Å². The fraction of sp³-hybridized carbons (Fsp3) is 0.524. The minimum Gasteiger partial charge on any atom is -0.494 e. The highest BCUT2D eigenvalue weighted by Crippen LogP contribution is 2.25. The van der Waals surface area contributed by atoms with E-state index in [0.29, 0.717) is 57.8 Å². The summed E-state index contributed by atoms with van der Waals surface area (Å²) in [4.78, 5) is 25.8. The summed E-state index contributed by atoms with van der Waals surface area (Å²) in [6, 6.07) is 6.40. The van der Waals surface area contributed by atoms with Crippen LogP contribution >= 0.6 is 0 Å². The molecule has 0 radical (unpaired) electrons. The lowest BCUT2D eigenvalue weighted by atomic mass is 9.97. The van der Waals surface area contributed by atoms with Crippen molar-refractivity contribution in [2.24, 2.45) is 5.92 Å². The Hall–Kier alpha value is -2.59. The van der Waals surface area contributed by atoms with E-state index >= 15 is 0 Å². The highest BCUT2D eigenvalue weighted by Gasteiger charge is 2.32. The van der Waals surface area contributed by atoms with Gasteiger partial charge in [-0.2, -0.15) is 4.31 Å². The predicted octanol–water partition coefficient (Wildman–Crippen LogP) is 1.24. The summed E-state index contributed by atoms with van der Waals surface area (Å²) in [5.41, 5.74) is 6.54. The lowest BCUT2D eigenvalue weighted by Crippen LogP contribution is -2.47. The first-order valence-electron chi connectivity index (χ1n) is 10.5. The van der Waals surface area contributed by atoms with Crippen molar-refractivity contribution in [1.29, 1.82) is 0 Å². The zero-order chi connectivity index (χ0) is 22.4. The normalized spacial score (nSPS) is 18.3. The zero-order valence-electron chi connectivity index (χ0n) is 18.0. The molecule has 0 saturated carbocycles. The molecule has 3 rings (SSSR count).